The molecule has 1 fully saturated rings. The first kappa shape index (κ1) is 13.2. The molecule has 1 heterocycles. The van der Waals surface area contributed by atoms with E-state index in [1.165, 1.54) is 6.07 Å². The first-order chi connectivity index (χ1) is 8.56. The quantitative estimate of drug-likeness (QED) is 0.831. The molecule has 0 spiro atoms. The summed E-state index contributed by atoms with van der Waals surface area (Å²) in [5.41, 5.74) is 6.26. The van der Waals surface area contributed by atoms with Crippen molar-refractivity contribution in [1.29, 1.82) is 0 Å². The fourth-order valence-electron chi connectivity index (χ4n) is 1.75. The second-order valence-electron chi connectivity index (χ2n) is 3.95. The second-order valence-corrected chi connectivity index (χ2v) is 5.10. The Labute approximate surface area is 107 Å². The van der Waals surface area contributed by atoms with Gasteiger partial charge in [-0.05, 0) is 12.2 Å². The monoisotopic (exact) mass is 278 g/mol. The molecule has 0 bridgehead atoms. The summed E-state index contributed by atoms with van der Waals surface area (Å²) >= 11 is 1.80. The standard InChI is InChI=1S/C11H13F3N2OS/c12-7-3-8(15)9(4-10(7)17-11(13)14)16-6-1-2-18-5-6/h3-4,6,11,16H,1-2,5,15H2. The fourth-order valence-corrected chi connectivity index (χ4v) is 2.90. The van der Waals surface area contributed by atoms with Crippen LogP contribution in [0.3, 0.4) is 0 Å². The molecule has 1 unspecified atom stereocenters. The van der Waals surface area contributed by atoms with Gasteiger partial charge in [-0.3, -0.25) is 0 Å². The van der Waals surface area contributed by atoms with E-state index in [4.69, 9.17) is 5.73 Å². The van der Waals surface area contributed by atoms with Crippen molar-refractivity contribution >= 4 is 23.1 Å². The largest absolute Gasteiger partial charge is 0.432 e. The van der Waals surface area contributed by atoms with Crippen molar-refractivity contribution in [1.82, 2.24) is 0 Å². The van der Waals surface area contributed by atoms with E-state index in [2.05, 4.69) is 10.1 Å². The third-order valence-electron chi connectivity index (χ3n) is 2.61. The number of hydrogen-bond acceptors (Lipinski definition) is 4. The molecular formula is C11H13F3N2OS. The van der Waals surface area contributed by atoms with E-state index in [1.807, 2.05) is 0 Å². The summed E-state index contributed by atoms with van der Waals surface area (Å²) in [5, 5.41) is 3.11. The van der Waals surface area contributed by atoms with Crippen LogP contribution >= 0.6 is 11.8 Å². The van der Waals surface area contributed by atoms with Crippen molar-refractivity contribution in [2.24, 2.45) is 0 Å². The molecule has 2 rings (SSSR count). The summed E-state index contributed by atoms with van der Waals surface area (Å²) in [6.45, 7) is -3.06. The van der Waals surface area contributed by atoms with Gasteiger partial charge in [-0.25, -0.2) is 4.39 Å². The fraction of sp³-hybridized carbons (Fsp3) is 0.455. The van der Waals surface area contributed by atoms with Crippen molar-refractivity contribution < 1.29 is 17.9 Å². The topological polar surface area (TPSA) is 47.3 Å². The predicted molar refractivity (Wildman–Crippen MR) is 66.8 cm³/mol. The van der Waals surface area contributed by atoms with Gasteiger partial charge in [0, 0.05) is 23.9 Å². The molecular weight excluding hydrogens is 265 g/mol. The van der Waals surface area contributed by atoms with E-state index < -0.39 is 18.2 Å². The molecule has 1 aliphatic rings. The van der Waals surface area contributed by atoms with E-state index in [0.29, 0.717) is 5.69 Å². The van der Waals surface area contributed by atoms with Crippen molar-refractivity contribution in [3.05, 3.63) is 17.9 Å². The van der Waals surface area contributed by atoms with Gasteiger partial charge in [-0.1, -0.05) is 0 Å². The smallest absolute Gasteiger partial charge is 0.387 e. The van der Waals surface area contributed by atoms with Crippen LogP contribution in [-0.2, 0) is 0 Å². The minimum Gasteiger partial charge on any atom is -0.432 e. The number of ether oxygens (including phenoxy) is 1. The van der Waals surface area contributed by atoms with Crippen molar-refractivity contribution in [3.63, 3.8) is 0 Å². The number of hydrogen-bond donors (Lipinski definition) is 2. The lowest BCUT2D eigenvalue weighted by Gasteiger charge is -2.16. The normalized spacial score (nSPS) is 19.2. The number of halogens is 3. The average molecular weight is 278 g/mol. The summed E-state index contributed by atoms with van der Waals surface area (Å²) in [4.78, 5) is 0. The van der Waals surface area contributed by atoms with Gasteiger partial charge in [0.1, 0.15) is 0 Å². The first-order valence-electron chi connectivity index (χ1n) is 5.44. The number of nitrogens with two attached hydrogens (primary N) is 1. The molecule has 1 aliphatic heterocycles. The molecule has 0 aliphatic carbocycles. The molecule has 1 saturated heterocycles. The highest BCUT2D eigenvalue weighted by Gasteiger charge is 2.18. The van der Waals surface area contributed by atoms with Crippen LogP contribution in [0.25, 0.3) is 0 Å². The molecule has 1 aromatic rings. The van der Waals surface area contributed by atoms with Gasteiger partial charge in [-0.2, -0.15) is 20.5 Å². The molecule has 0 aromatic heterocycles. The summed E-state index contributed by atoms with van der Waals surface area (Å²) in [6.07, 6.45) is 0.965. The Bertz CT molecular complexity index is 425. The van der Waals surface area contributed by atoms with Crippen LogP contribution in [0.15, 0.2) is 12.1 Å². The maximum Gasteiger partial charge on any atom is 0.387 e. The van der Waals surface area contributed by atoms with Gasteiger partial charge >= 0.3 is 6.61 Å². The molecule has 0 amide bonds. The predicted octanol–water partition coefficient (Wildman–Crippen LogP) is 2.93. The van der Waals surface area contributed by atoms with Gasteiger partial charge < -0.3 is 15.8 Å². The molecule has 7 heteroatoms. The van der Waals surface area contributed by atoms with Crippen LogP contribution in [0.1, 0.15) is 6.42 Å². The molecule has 3 nitrogen and oxygen atoms in total. The van der Waals surface area contributed by atoms with Gasteiger partial charge in [0.25, 0.3) is 0 Å². The minimum atomic E-state index is -3.06. The molecule has 18 heavy (non-hydrogen) atoms. The van der Waals surface area contributed by atoms with Crippen molar-refractivity contribution in [2.75, 3.05) is 22.6 Å². The van der Waals surface area contributed by atoms with E-state index in [1.54, 1.807) is 11.8 Å². The van der Waals surface area contributed by atoms with Crippen LogP contribution in [0.4, 0.5) is 24.5 Å². The van der Waals surface area contributed by atoms with Crippen LogP contribution in [0.2, 0.25) is 0 Å². The third-order valence-corrected chi connectivity index (χ3v) is 3.77. The molecule has 1 aromatic carbocycles. The van der Waals surface area contributed by atoms with Gasteiger partial charge in [0.15, 0.2) is 11.6 Å². The summed E-state index contributed by atoms with van der Waals surface area (Å²) in [7, 11) is 0. The Morgan fingerprint density at radius 1 is 1.44 bits per heavy atom. The Morgan fingerprint density at radius 3 is 2.83 bits per heavy atom. The number of anilines is 2. The zero-order chi connectivity index (χ0) is 13.1. The van der Waals surface area contributed by atoms with Gasteiger partial charge in [0.2, 0.25) is 0 Å². The Balaban J connectivity index is 2.17. The van der Waals surface area contributed by atoms with Crippen LogP contribution in [0.5, 0.6) is 5.75 Å². The summed E-state index contributed by atoms with van der Waals surface area (Å²) < 4.78 is 41.6. The van der Waals surface area contributed by atoms with Gasteiger partial charge in [-0.15, -0.1) is 0 Å². The summed E-state index contributed by atoms with van der Waals surface area (Å²) in [5.74, 6) is 0.576. The van der Waals surface area contributed by atoms with E-state index in [9.17, 15) is 13.2 Å². The lowest BCUT2D eigenvalue weighted by Crippen LogP contribution is -2.19. The Morgan fingerprint density at radius 2 is 2.22 bits per heavy atom. The first-order valence-corrected chi connectivity index (χ1v) is 6.60. The number of thioether (sulfide) groups is 1. The molecule has 100 valence electrons. The lowest BCUT2D eigenvalue weighted by atomic mass is 10.2. The number of nitrogen functional groups attached to an aromatic ring is 1. The number of benzene rings is 1. The number of alkyl halides is 2. The highest BCUT2D eigenvalue weighted by molar-refractivity contribution is 7.99. The van der Waals surface area contributed by atoms with Crippen LogP contribution in [-0.4, -0.2) is 24.2 Å². The maximum absolute atomic E-state index is 13.3. The SMILES string of the molecule is Nc1cc(F)c(OC(F)F)cc1NC1CCSC1. The van der Waals surface area contributed by atoms with Gasteiger partial charge in [0.05, 0.1) is 11.4 Å². The van der Waals surface area contributed by atoms with Crippen LogP contribution in [0, 0.1) is 5.82 Å². The Kier molecular flexibility index (Phi) is 4.11. The lowest BCUT2D eigenvalue weighted by molar-refractivity contribution is -0.0521. The van der Waals surface area contributed by atoms with E-state index in [0.717, 1.165) is 24.0 Å². The number of rotatable bonds is 4. The highest BCUT2D eigenvalue weighted by Crippen LogP contribution is 2.31. The van der Waals surface area contributed by atoms with E-state index in [-0.39, 0.29) is 11.7 Å². The summed E-state index contributed by atoms with van der Waals surface area (Å²) in [6, 6.07) is 2.39. The zero-order valence-electron chi connectivity index (χ0n) is 9.46. The zero-order valence-corrected chi connectivity index (χ0v) is 10.3. The van der Waals surface area contributed by atoms with Crippen LogP contribution < -0.4 is 15.8 Å². The number of nitrogens with one attached hydrogen (secondary N) is 1. The molecule has 0 radical (unpaired) electrons. The Hall–Kier alpha value is -1.24. The third kappa shape index (κ3) is 3.16. The molecule has 0 saturated carbocycles. The minimum absolute atomic E-state index is 0.186. The maximum atomic E-state index is 13.3. The average Bonchev–Trinajstić information content (AvgIpc) is 2.77. The van der Waals surface area contributed by atoms with Crippen molar-refractivity contribution in [3.8, 4) is 5.75 Å². The van der Waals surface area contributed by atoms with Crippen molar-refractivity contribution in [2.45, 2.75) is 19.1 Å². The molecule has 3 N–H and O–H groups in total. The van der Waals surface area contributed by atoms with E-state index >= 15 is 0 Å². The second kappa shape index (κ2) is 5.60. The molecule has 1 atom stereocenters. The highest BCUT2D eigenvalue weighted by atomic mass is 32.2.